The molecule has 0 radical (unpaired) electrons. The van der Waals surface area contributed by atoms with Crippen molar-refractivity contribution in [2.45, 2.75) is 24.8 Å². The van der Waals surface area contributed by atoms with Gasteiger partial charge in [-0.25, -0.2) is 17.9 Å². The summed E-state index contributed by atoms with van der Waals surface area (Å²) in [6, 6.07) is 9.86. The predicted octanol–water partition coefficient (Wildman–Crippen LogP) is 2.83. The van der Waals surface area contributed by atoms with E-state index in [1.165, 1.54) is 37.4 Å². The third kappa shape index (κ3) is 6.45. The molecule has 0 atom stereocenters. The number of rotatable bonds is 8. The number of sulfonamides is 1. The molecule has 0 aliphatic rings. The number of hydrogen-bond donors (Lipinski definition) is 2. The summed E-state index contributed by atoms with van der Waals surface area (Å²) in [5.41, 5.74) is 0.828. The lowest BCUT2D eigenvalue weighted by Gasteiger charge is -2.12. The Morgan fingerprint density at radius 2 is 1.76 bits per heavy atom. The normalized spacial score (nSPS) is 11.2. The van der Waals surface area contributed by atoms with E-state index in [1.54, 1.807) is 26.0 Å². The smallest absolute Gasteiger partial charge is 0.337 e. The minimum atomic E-state index is -3.68. The molecule has 1 amide bonds. The van der Waals surface area contributed by atoms with Crippen LogP contribution in [0.5, 0.6) is 5.75 Å². The van der Waals surface area contributed by atoms with Crippen molar-refractivity contribution in [1.29, 1.82) is 0 Å². The maximum atomic E-state index is 12.2. The Balaban J connectivity index is 1.97. The summed E-state index contributed by atoms with van der Waals surface area (Å²) in [6.07, 6.45) is 0. The van der Waals surface area contributed by atoms with Gasteiger partial charge in [0.15, 0.2) is 6.61 Å². The highest BCUT2D eigenvalue weighted by atomic mass is 35.5. The van der Waals surface area contributed by atoms with Crippen molar-refractivity contribution in [3.8, 4) is 5.75 Å². The summed E-state index contributed by atoms with van der Waals surface area (Å²) in [7, 11) is -2.40. The lowest BCUT2D eigenvalue weighted by Crippen LogP contribution is -2.30. The molecule has 156 valence electrons. The van der Waals surface area contributed by atoms with Crippen LogP contribution in [0.1, 0.15) is 24.2 Å². The molecule has 0 aromatic heterocycles. The third-order valence-electron chi connectivity index (χ3n) is 3.55. The molecule has 0 unspecified atom stereocenters. The maximum Gasteiger partial charge on any atom is 0.337 e. The van der Waals surface area contributed by atoms with Crippen LogP contribution in [0.25, 0.3) is 0 Å². The SMILES string of the molecule is COC(=O)c1ccc(NC(=O)COc2ccc(S(=O)(=O)NC(C)C)cc2Cl)cc1. The highest BCUT2D eigenvalue weighted by Gasteiger charge is 2.17. The Morgan fingerprint density at radius 1 is 1.10 bits per heavy atom. The van der Waals surface area contributed by atoms with Crippen molar-refractivity contribution < 1.29 is 27.5 Å². The summed E-state index contributed by atoms with van der Waals surface area (Å²) in [5.74, 6) is -0.758. The number of carbonyl (C=O) groups is 2. The Hall–Kier alpha value is -2.62. The van der Waals surface area contributed by atoms with E-state index in [0.29, 0.717) is 11.3 Å². The minimum absolute atomic E-state index is 0.00121. The van der Waals surface area contributed by atoms with Gasteiger partial charge in [-0.15, -0.1) is 0 Å². The zero-order valence-corrected chi connectivity index (χ0v) is 17.6. The van der Waals surface area contributed by atoms with Crippen LogP contribution in [0.15, 0.2) is 47.4 Å². The molecule has 0 saturated heterocycles. The fourth-order valence-electron chi connectivity index (χ4n) is 2.29. The van der Waals surface area contributed by atoms with Gasteiger partial charge in [-0.05, 0) is 56.3 Å². The largest absolute Gasteiger partial charge is 0.482 e. The van der Waals surface area contributed by atoms with Crippen molar-refractivity contribution in [3.63, 3.8) is 0 Å². The average molecular weight is 441 g/mol. The van der Waals surface area contributed by atoms with Crippen LogP contribution in [-0.2, 0) is 19.6 Å². The van der Waals surface area contributed by atoms with Gasteiger partial charge in [0.05, 0.1) is 22.6 Å². The van der Waals surface area contributed by atoms with Crippen LogP contribution in [0.3, 0.4) is 0 Å². The van der Waals surface area contributed by atoms with E-state index >= 15 is 0 Å². The highest BCUT2D eigenvalue weighted by Crippen LogP contribution is 2.27. The topological polar surface area (TPSA) is 111 Å². The first kappa shape index (κ1) is 22.7. The number of esters is 1. The number of halogens is 1. The molecule has 2 aromatic carbocycles. The monoisotopic (exact) mass is 440 g/mol. The second-order valence-corrected chi connectivity index (χ2v) is 8.40. The van der Waals surface area contributed by atoms with E-state index < -0.39 is 21.9 Å². The van der Waals surface area contributed by atoms with E-state index in [2.05, 4.69) is 14.8 Å². The van der Waals surface area contributed by atoms with Gasteiger partial charge < -0.3 is 14.8 Å². The second-order valence-electron chi connectivity index (χ2n) is 6.27. The molecule has 0 fully saturated rings. The van der Waals surface area contributed by atoms with Gasteiger partial charge in [0.2, 0.25) is 10.0 Å². The van der Waals surface area contributed by atoms with Crippen molar-refractivity contribution in [3.05, 3.63) is 53.1 Å². The Bertz CT molecular complexity index is 990. The van der Waals surface area contributed by atoms with Crippen molar-refractivity contribution in [2.24, 2.45) is 0 Å². The molecular formula is C19H21ClN2O6S. The van der Waals surface area contributed by atoms with Gasteiger partial charge in [-0.1, -0.05) is 11.6 Å². The number of anilines is 1. The van der Waals surface area contributed by atoms with E-state index in [1.807, 2.05) is 0 Å². The van der Waals surface area contributed by atoms with Crippen LogP contribution in [0.2, 0.25) is 5.02 Å². The first-order valence-electron chi connectivity index (χ1n) is 8.55. The summed E-state index contributed by atoms with van der Waals surface area (Å²) >= 11 is 6.08. The summed E-state index contributed by atoms with van der Waals surface area (Å²) in [6.45, 7) is 3.07. The van der Waals surface area contributed by atoms with E-state index in [9.17, 15) is 18.0 Å². The summed E-state index contributed by atoms with van der Waals surface area (Å²) < 4.78 is 36.7. The number of carbonyl (C=O) groups excluding carboxylic acids is 2. The van der Waals surface area contributed by atoms with Gasteiger partial charge in [0.1, 0.15) is 5.75 Å². The van der Waals surface area contributed by atoms with Crippen LogP contribution in [-0.4, -0.2) is 40.1 Å². The lowest BCUT2D eigenvalue weighted by molar-refractivity contribution is -0.118. The van der Waals surface area contributed by atoms with E-state index in [-0.39, 0.29) is 28.3 Å². The quantitative estimate of drug-likeness (QED) is 0.610. The van der Waals surface area contributed by atoms with Gasteiger partial charge in [-0.2, -0.15) is 0 Å². The molecule has 8 nitrogen and oxygen atoms in total. The first-order valence-corrected chi connectivity index (χ1v) is 10.4. The molecule has 2 aromatic rings. The second kappa shape index (κ2) is 9.73. The van der Waals surface area contributed by atoms with Gasteiger partial charge in [0.25, 0.3) is 5.91 Å². The molecule has 0 aliphatic heterocycles. The summed E-state index contributed by atoms with van der Waals surface area (Å²) in [4.78, 5) is 23.4. The van der Waals surface area contributed by atoms with Crippen molar-refractivity contribution in [2.75, 3.05) is 19.0 Å². The molecule has 2 rings (SSSR count). The predicted molar refractivity (Wildman–Crippen MR) is 109 cm³/mol. The van der Waals surface area contributed by atoms with E-state index in [0.717, 1.165) is 0 Å². The molecule has 29 heavy (non-hydrogen) atoms. The van der Waals surface area contributed by atoms with Crippen LogP contribution in [0.4, 0.5) is 5.69 Å². The zero-order chi connectivity index (χ0) is 21.6. The molecule has 0 bridgehead atoms. The Labute approximate surface area is 174 Å². The van der Waals surface area contributed by atoms with Crippen molar-refractivity contribution >= 4 is 39.2 Å². The molecule has 0 spiro atoms. The number of hydrogen-bond acceptors (Lipinski definition) is 6. The van der Waals surface area contributed by atoms with Crippen LogP contribution in [0, 0.1) is 0 Å². The fourth-order valence-corrected chi connectivity index (χ4v) is 3.87. The standard InChI is InChI=1S/C19H21ClN2O6S/c1-12(2)22-29(25,26)15-8-9-17(16(20)10-15)28-11-18(23)21-14-6-4-13(5-7-14)19(24)27-3/h4-10,12,22H,11H2,1-3H3,(H,21,23). The zero-order valence-electron chi connectivity index (χ0n) is 16.1. The number of ether oxygens (including phenoxy) is 2. The van der Waals surface area contributed by atoms with Gasteiger partial charge >= 0.3 is 5.97 Å². The minimum Gasteiger partial charge on any atom is -0.482 e. The van der Waals surface area contributed by atoms with E-state index in [4.69, 9.17) is 16.3 Å². The lowest BCUT2D eigenvalue weighted by atomic mass is 10.2. The number of methoxy groups -OCH3 is 1. The van der Waals surface area contributed by atoms with Crippen LogP contribution < -0.4 is 14.8 Å². The molecule has 0 saturated carbocycles. The fraction of sp³-hybridized carbons (Fsp3) is 0.263. The van der Waals surface area contributed by atoms with Crippen LogP contribution >= 0.6 is 11.6 Å². The maximum absolute atomic E-state index is 12.2. The molecule has 2 N–H and O–H groups in total. The third-order valence-corrected chi connectivity index (χ3v) is 5.50. The molecule has 10 heteroatoms. The summed E-state index contributed by atoms with van der Waals surface area (Å²) in [5, 5.41) is 2.67. The molecular weight excluding hydrogens is 420 g/mol. The molecule has 0 aliphatic carbocycles. The van der Waals surface area contributed by atoms with Crippen molar-refractivity contribution in [1.82, 2.24) is 4.72 Å². The Kier molecular flexibility index (Phi) is 7.60. The Morgan fingerprint density at radius 3 is 2.31 bits per heavy atom. The average Bonchev–Trinajstić information content (AvgIpc) is 2.66. The highest BCUT2D eigenvalue weighted by molar-refractivity contribution is 7.89. The number of benzene rings is 2. The first-order chi connectivity index (χ1) is 13.6. The number of nitrogens with one attached hydrogen (secondary N) is 2. The van der Waals surface area contributed by atoms with Gasteiger partial charge in [0, 0.05) is 11.7 Å². The molecule has 0 heterocycles. The van der Waals surface area contributed by atoms with Gasteiger partial charge in [-0.3, -0.25) is 4.79 Å². The number of amides is 1.